The van der Waals surface area contributed by atoms with Crippen LogP contribution in [0.5, 0.6) is 0 Å². The molecule has 2 N–H and O–H groups in total. The van der Waals surface area contributed by atoms with Crippen LogP contribution in [0.2, 0.25) is 0 Å². The molecule has 114 valence electrons. The van der Waals surface area contributed by atoms with E-state index in [9.17, 15) is 13.6 Å². The number of amides is 2. The van der Waals surface area contributed by atoms with E-state index >= 15 is 0 Å². The minimum atomic E-state index is -2.64. The molecule has 7 heteroatoms. The molecule has 1 atom stereocenters. The lowest BCUT2D eigenvalue weighted by Gasteiger charge is -2.24. The Kier molecular flexibility index (Phi) is 5.94. The van der Waals surface area contributed by atoms with Crippen LogP contribution in [-0.4, -0.2) is 42.2 Å². The molecule has 20 heavy (non-hydrogen) atoms. The Morgan fingerprint density at radius 2 is 2.15 bits per heavy atom. The number of urea groups is 1. The van der Waals surface area contributed by atoms with Gasteiger partial charge in [-0.3, -0.25) is 0 Å². The molecule has 0 aliphatic rings. The van der Waals surface area contributed by atoms with Gasteiger partial charge in [-0.2, -0.15) is 0 Å². The average Bonchev–Trinajstić information content (AvgIpc) is 2.67. The van der Waals surface area contributed by atoms with Gasteiger partial charge >= 0.3 is 6.03 Å². The summed E-state index contributed by atoms with van der Waals surface area (Å²) < 4.78 is 30.1. The molecule has 5 nitrogen and oxygen atoms in total. The molecule has 0 aliphatic carbocycles. The van der Waals surface area contributed by atoms with Gasteiger partial charge in [-0.05, 0) is 26.8 Å². The van der Waals surface area contributed by atoms with Crippen LogP contribution >= 0.6 is 0 Å². The Labute approximate surface area is 116 Å². The molecule has 0 unspecified atom stereocenters. The second-order valence-electron chi connectivity index (χ2n) is 4.60. The third-order valence-electron chi connectivity index (χ3n) is 2.90. The minimum absolute atomic E-state index is 0.133. The summed E-state index contributed by atoms with van der Waals surface area (Å²) in [6, 6.07) is 0.799. The molecule has 0 bridgehead atoms. The number of aryl methyl sites for hydroxylation is 2. The zero-order valence-electron chi connectivity index (χ0n) is 11.8. The van der Waals surface area contributed by atoms with Gasteiger partial charge in [0.25, 0.3) is 6.43 Å². The van der Waals surface area contributed by atoms with Crippen LogP contribution in [0.3, 0.4) is 0 Å². The smallest absolute Gasteiger partial charge is 0.318 e. The summed E-state index contributed by atoms with van der Waals surface area (Å²) in [5, 5.41) is 11.4. The second kappa shape index (κ2) is 7.23. The second-order valence-corrected chi connectivity index (χ2v) is 4.60. The third-order valence-corrected chi connectivity index (χ3v) is 2.90. The first-order valence-corrected chi connectivity index (χ1v) is 6.36. The Balaban J connectivity index is 2.69. The van der Waals surface area contributed by atoms with E-state index in [2.05, 4.69) is 5.32 Å². The van der Waals surface area contributed by atoms with Crippen molar-refractivity contribution in [1.29, 1.82) is 0 Å². The van der Waals surface area contributed by atoms with E-state index in [1.54, 1.807) is 26.8 Å². The first kappa shape index (κ1) is 16.4. The molecule has 0 fully saturated rings. The zero-order valence-corrected chi connectivity index (χ0v) is 11.8. The predicted molar refractivity (Wildman–Crippen MR) is 69.8 cm³/mol. The maximum absolute atomic E-state index is 12.4. The largest absolute Gasteiger partial charge is 0.466 e. The minimum Gasteiger partial charge on any atom is -0.466 e. The maximum Gasteiger partial charge on any atom is 0.318 e. The summed E-state index contributed by atoms with van der Waals surface area (Å²) in [5.74, 6) is 1.40. The number of aliphatic hydroxyl groups is 1. The molecule has 0 saturated carbocycles. The van der Waals surface area contributed by atoms with E-state index in [0.29, 0.717) is 5.76 Å². The quantitative estimate of drug-likeness (QED) is 0.844. The summed E-state index contributed by atoms with van der Waals surface area (Å²) in [6.07, 6.45) is -2.64. The summed E-state index contributed by atoms with van der Waals surface area (Å²) in [4.78, 5) is 12.8. The van der Waals surface area contributed by atoms with Crippen molar-refractivity contribution in [3.8, 4) is 0 Å². The van der Waals surface area contributed by atoms with Crippen molar-refractivity contribution in [2.45, 2.75) is 33.2 Å². The predicted octanol–water partition coefficient (Wildman–Crippen LogP) is 2.23. The van der Waals surface area contributed by atoms with Crippen molar-refractivity contribution >= 4 is 6.03 Å². The molecule has 0 aliphatic heterocycles. The Morgan fingerprint density at radius 1 is 1.50 bits per heavy atom. The van der Waals surface area contributed by atoms with Crippen molar-refractivity contribution in [2.75, 3.05) is 19.7 Å². The summed E-state index contributed by atoms with van der Waals surface area (Å²) in [7, 11) is 0. The van der Waals surface area contributed by atoms with Crippen molar-refractivity contribution in [3.05, 3.63) is 23.2 Å². The van der Waals surface area contributed by atoms with Crippen molar-refractivity contribution in [1.82, 2.24) is 10.2 Å². The molecule has 0 spiro atoms. The lowest BCUT2D eigenvalue weighted by Crippen LogP contribution is -2.44. The Hall–Kier alpha value is -1.63. The van der Waals surface area contributed by atoms with Gasteiger partial charge in [-0.15, -0.1) is 0 Å². The SMILES string of the molecule is Cc1cc([C@@H](C)NC(=O)N(CCO)CC(F)F)c(C)o1. The number of halogens is 2. The van der Waals surface area contributed by atoms with Gasteiger partial charge in [0.15, 0.2) is 0 Å². The molecule has 1 heterocycles. The lowest BCUT2D eigenvalue weighted by molar-refractivity contribution is 0.0895. The fraction of sp³-hybridized carbons (Fsp3) is 0.615. The van der Waals surface area contributed by atoms with Gasteiger partial charge < -0.3 is 19.7 Å². The molecule has 0 radical (unpaired) electrons. The zero-order chi connectivity index (χ0) is 15.3. The molecule has 1 aromatic rings. The van der Waals surface area contributed by atoms with Gasteiger partial charge in [0.05, 0.1) is 19.2 Å². The Morgan fingerprint density at radius 3 is 2.60 bits per heavy atom. The highest BCUT2D eigenvalue weighted by molar-refractivity contribution is 5.74. The van der Waals surface area contributed by atoms with Crippen LogP contribution in [0.4, 0.5) is 13.6 Å². The van der Waals surface area contributed by atoms with E-state index in [4.69, 9.17) is 9.52 Å². The topological polar surface area (TPSA) is 65.7 Å². The first-order chi connectivity index (χ1) is 9.35. The van der Waals surface area contributed by atoms with Crippen LogP contribution in [0.25, 0.3) is 0 Å². The maximum atomic E-state index is 12.4. The highest BCUT2D eigenvalue weighted by Gasteiger charge is 2.21. The molecular weight excluding hydrogens is 270 g/mol. The van der Waals surface area contributed by atoms with E-state index in [-0.39, 0.29) is 19.2 Å². The number of nitrogens with one attached hydrogen (secondary N) is 1. The van der Waals surface area contributed by atoms with E-state index in [0.717, 1.165) is 16.2 Å². The molecule has 1 aromatic heterocycles. The van der Waals surface area contributed by atoms with Gasteiger partial charge in [-0.25, -0.2) is 13.6 Å². The van der Waals surface area contributed by atoms with E-state index < -0.39 is 19.0 Å². The summed E-state index contributed by atoms with van der Waals surface area (Å²) >= 11 is 0. The average molecular weight is 290 g/mol. The molecular formula is C13H20F2N2O3. The van der Waals surface area contributed by atoms with Crippen LogP contribution in [-0.2, 0) is 0 Å². The molecule has 0 saturated heterocycles. The van der Waals surface area contributed by atoms with Gasteiger partial charge in [-0.1, -0.05) is 0 Å². The lowest BCUT2D eigenvalue weighted by atomic mass is 10.1. The summed E-state index contributed by atoms with van der Waals surface area (Å²) in [6.45, 7) is 4.11. The number of furan rings is 1. The van der Waals surface area contributed by atoms with Crippen LogP contribution in [0.1, 0.15) is 30.0 Å². The van der Waals surface area contributed by atoms with Gasteiger partial charge in [0, 0.05) is 12.1 Å². The fourth-order valence-corrected chi connectivity index (χ4v) is 2.00. The standard InChI is InChI=1S/C13H20F2N2O3/c1-8-6-11(10(3)20-8)9(2)16-13(19)17(4-5-18)7-12(14)15/h6,9,12,18H,4-5,7H2,1-3H3,(H,16,19)/t9-/m1/s1. The van der Waals surface area contributed by atoms with Crippen molar-refractivity contribution in [3.63, 3.8) is 0 Å². The fourth-order valence-electron chi connectivity index (χ4n) is 2.00. The monoisotopic (exact) mass is 290 g/mol. The number of hydrogen-bond acceptors (Lipinski definition) is 3. The van der Waals surface area contributed by atoms with E-state index in [1.807, 2.05) is 0 Å². The highest BCUT2D eigenvalue weighted by atomic mass is 19.3. The number of hydrogen-bond donors (Lipinski definition) is 2. The summed E-state index contributed by atoms with van der Waals surface area (Å²) in [5.41, 5.74) is 0.803. The number of rotatable bonds is 6. The molecule has 1 rings (SSSR count). The number of aliphatic hydroxyl groups excluding tert-OH is 1. The number of alkyl halides is 2. The van der Waals surface area contributed by atoms with E-state index in [1.165, 1.54) is 0 Å². The van der Waals surface area contributed by atoms with Crippen molar-refractivity contribution < 1.29 is 23.1 Å². The normalized spacial score (nSPS) is 12.6. The molecule has 2 amide bonds. The van der Waals surface area contributed by atoms with Gasteiger partial charge in [0.2, 0.25) is 0 Å². The van der Waals surface area contributed by atoms with Crippen LogP contribution in [0.15, 0.2) is 10.5 Å². The third kappa shape index (κ3) is 4.48. The van der Waals surface area contributed by atoms with Crippen LogP contribution < -0.4 is 5.32 Å². The van der Waals surface area contributed by atoms with Crippen molar-refractivity contribution in [2.24, 2.45) is 0 Å². The van der Waals surface area contributed by atoms with Crippen LogP contribution in [0, 0.1) is 13.8 Å². The number of carbonyl (C=O) groups is 1. The Bertz CT molecular complexity index is 449. The highest BCUT2D eigenvalue weighted by Crippen LogP contribution is 2.21. The van der Waals surface area contributed by atoms with Gasteiger partial charge in [0.1, 0.15) is 11.5 Å². The number of carbonyl (C=O) groups excluding carboxylic acids is 1. The molecule has 0 aromatic carbocycles. The number of nitrogens with zero attached hydrogens (tertiary/aromatic N) is 1. The first-order valence-electron chi connectivity index (χ1n) is 6.36.